The van der Waals surface area contributed by atoms with Gasteiger partial charge in [0.05, 0.1) is 17.2 Å². The van der Waals surface area contributed by atoms with E-state index in [0.29, 0.717) is 0 Å². The molecule has 0 saturated carbocycles. The highest BCUT2D eigenvalue weighted by Gasteiger charge is 2.18. The number of nitrogens with zero attached hydrogens (tertiary/aromatic N) is 2. The van der Waals surface area contributed by atoms with Crippen LogP contribution in [0.15, 0.2) is 153 Å². The third-order valence-electron chi connectivity index (χ3n) is 7.96. The van der Waals surface area contributed by atoms with Crippen LogP contribution in [0.3, 0.4) is 0 Å². The largest absolute Gasteiger partial charge is 0.353 e. The molecule has 3 nitrogen and oxygen atoms in total. The second kappa shape index (κ2) is 10.4. The van der Waals surface area contributed by atoms with Gasteiger partial charge in [-0.2, -0.15) is 0 Å². The molecule has 0 saturated heterocycles. The molecular formula is C38H31N3. The highest BCUT2D eigenvalue weighted by atomic mass is 15.0. The standard InChI is InChI=1S/C38H31N3/c1-3-13-30(4-2)41-35-19-12-11-18-33(35)34-26-29(21-23-36(34)41)39-37-32(27-14-7-5-8-15-27)22-20-28-24-25-40(38(28)37)31-16-9-6-10-17-31/h3-12,14-26,30,39H,1-2,13H2. The number of nitrogens with one attached hydrogen (secondary N) is 1. The average Bonchev–Trinajstić information content (AvgIpc) is 3.61. The number of rotatable bonds is 8. The Kier molecular flexibility index (Phi) is 6.25. The lowest BCUT2D eigenvalue weighted by atomic mass is 10.0. The molecule has 2 heterocycles. The van der Waals surface area contributed by atoms with E-state index >= 15 is 0 Å². The number of benzene rings is 5. The van der Waals surface area contributed by atoms with Crippen molar-refractivity contribution in [2.45, 2.75) is 12.5 Å². The number of allylic oxidation sites excluding steroid dienone is 2. The van der Waals surface area contributed by atoms with Gasteiger partial charge in [0.15, 0.2) is 0 Å². The molecule has 0 aliphatic rings. The maximum Gasteiger partial charge on any atom is 0.0771 e. The van der Waals surface area contributed by atoms with Crippen molar-refractivity contribution in [1.29, 1.82) is 0 Å². The van der Waals surface area contributed by atoms with Crippen LogP contribution < -0.4 is 5.32 Å². The normalized spacial score (nSPS) is 12.1. The molecule has 0 radical (unpaired) electrons. The summed E-state index contributed by atoms with van der Waals surface area (Å²) in [5, 5.41) is 7.51. The molecule has 1 N–H and O–H groups in total. The molecule has 198 valence electrons. The number of anilines is 2. The van der Waals surface area contributed by atoms with Gasteiger partial charge in [-0.3, -0.25) is 0 Å². The molecule has 0 fully saturated rings. The summed E-state index contributed by atoms with van der Waals surface area (Å²) in [5.41, 5.74) is 9.15. The third-order valence-corrected chi connectivity index (χ3v) is 7.96. The number of aromatic nitrogens is 2. The summed E-state index contributed by atoms with van der Waals surface area (Å²) in [6.07, 6.45) is 6.97. The summed E-state index contributed by atoms with van der Waals surface area (Å²) >= 11 is 0. The summed E-state index contributed by atoms with van der Waals surface area (Å²) in [6, 6.07) is 43.2. The Labute approximate surface area is 240 Å². The van der Waals surface area contributed by atoms with Gasteiger partial charge in [0.2, 0.25) is 0 Å². The van der Waals surface area contributed by atoms with Gasteiger partial charge in [-0.1, -0.05) is 91.0 Å². The Morgan fingerprint density at radius 3 is 2.22 bits per heavy atom. The van der Waals surface area contributed by atoms with Crippen LogP contribution in [0.4, 0.5) is 11.4 Å². The van der Waals surface area contributed by atoms with Crippen molar-refractivity contribution in [3.05, 3.63) is 153 Å². The first-order valence-corrected chi connectivity index (χ1v) is 14.0. The average molecular weight is 530 g/mol. The molecule has 0 aliphatic heterocycles. The fraction of sp³-hybridized carbons (Fsp3) is 0.0526. The lowest BCUT2D eigenvalue weighted by Crippen LogP contribution is -2.05. The van der Waals surface area contributed by atoms with E-state index in [1.807, 2.05) is 12.2 Å². The molecule has 0 amide bonds. The SMILES string of the molecule is C=CCC(C=C)n1c2ccccc2c2cc(Nc3c(-c4ccccc4)ccc4ccn(-c5ccccc5)c34)ccc21. The summed E-state index contributed by atoms with van der Waals surface area (Å²) in [4.78, 5) is 0. The fourth-order valence-electron chi connectivity index (χ4n) is 6.08. The van der Waals surface area contributed by atoms with Crippen LogP contribution in [-0.4, -0.2) is 9.13 Å². The molecule has 1 unspecified atom stereocenters. The molecule has 7 aromatic rings. The van der Waals surface area contributed by atoms with Crippen molar-refractivity contribution in [3.63, 3.8) is 0 Å². The van der Waals surface area contributed by atoms with Crippen molar-refractivity contribution in [1.82, 2.24) is 9.13 Å². The molecule has 0 bridgehead atoms. The van der Waals surface area contributed by atoms with Crippen LogP contribution >= 0.6 is 0 Å². The predicted octanol–water partition coefficient (Wildman–Crippen LogP) is 10.5. The maximum absolute atomic E-state index is 4.13. The van der Waals surface area contributed by atoms with Crippen molar-refractivity contribution < 1.29 is 0 Å². The first-order chi connectivity index (χ1) is 20.3. The summed E-state index contributed by atoms with van der Waals surface area (Å²) in [7, 11) is 0. The lowest BCUT2D eigenvalue weighted by molar-refractivity contribution is 0.655. The Morgan fingerprint density at radius 2 is 1.44 bits per heavy atom. The quantitative estimate of drug-likeness (QED) is 0.194. The molecule has 3 heteroatoms. The van der Waals surface area contributed by atoms with Crippen molar-refractivity contribution in [2.24, 2.45) is 0 Å². The second-order valence-corrected chi connectivity index (χ2v) is 10.4. The number of fused-ring (bicyclic) bond motifs is 4. The minimum absolute atomic E-state index is 0.140. The molecule has 0 aliphatic carbocycles. The van der Waals surface area contributed by atoms with Crippen molar-refractivity contribution >= 4 is 44.1 Å². The van der Waals surface area contributed by atoms with Gasteiger partial charge >= 0.3 is 0 Å². The van der Waals surface area contributed by atoms with E-state index in [4.69, 9.17) is 0 Å². The van der Waals surface area contributed by atoms with Crippen LogP contribution in [0.1, 0.15) is 12.5 Å². The zero-order valence-electron chi connectivity index (χ0n) is 22.9. The second-order valence-electron chi connectivity index (χ2n) is 10.4. The molecule has 41 heavy (non-hydrogen) atoms. The maximum atomic E-state index is 4.13. The monoisotopic (exact) mass is 529 g/mol. The highest BCUT2D eigenvalue weighted by Crippen LogP contribution is 2.40. The highest BCUT2D eigenvalue weighted by molar-refractivity contribution is 6.10. The summed E-state index contributed by atoms with van der Waals surface area (Å²) in [6.45, 7) is 8.12. The van der Waals surface area contributed by atoms with Gasteiger partial charge in [0.25, 0.3) is 0 Å². The van der Waals surface area contributed by atoms with E-state index < -0.39 is 0 Å². The first-order valence-electron chi connectivity index (χ1n) is 14.0. The van der Waals surface area contributed by atoms with E-state index in [0.717, 1.165) is 34.6 Å². The minimum atomic E-state index is 0.140. The van der Waals surface area contributed by atoms with Gasteiger partial charge in [-0.15, -0.1) is 13.2 Å². The van der Waals surface area contributed by atoms with E-state index in [1.165, 1.54) is 32.8 Å². The van der Waals surface area contributed by atoms with Gasteiger partial charge in [0.1, 0.15) is 0 Å². The number of hydrogen-bond acceptors (Lipinski definition) is 1. The van der Waals surface area contributed by atoms with Crippen LogP contribution in [0.2, 0.25) is 0 Å². The topological polar surface area (TPSA) is 21.9 Å². The minimum Gasteiger partial charge on any atom is -0.353 e. The van der Waals surface area contributed by atoms with Crippen LogP contribution in [0.5, 0.6) is 0 Å². The summed E-state index contributed by atoms with van der Waals surface area (Å²) < 4.78 is 4.66. The third kappa shape index (κ3) is 4.23. The molecule has 7 rings (SSSR count). The predicted molar refractivity (Wildman–Crippen MR) is 175 cm³/mol. The summed E-state index contributed by atoms with van der Waals surface area (Å²) in [5.74, 6) is 0. The van der Waals surface area contributed by atoms with Gasteiger partial charge in [-0.25, -0.2) is 0 Å². The van der Waals surface area contributed by atoms with Crippen LogP contribution in [0, 0.1) is 0 Å². The van der Waals surface area contributed by atoms with Crippen LogP contribution in [0.25, 0.3) is 49.5 Å². The molecule has 1 atom stereocenters. The lowest BCUT2D eigenvalue weighted by Gasteiger charge is -2.18. The molecule has 2 aromatic heterocycles. The molecular weight excluding hydrogens is 498 g/mol. The van der Waals surface area contributed by atoms with E-state index in [1.54, 1.807) is 0 Å². The van der Waals surface area contributed by atoms with E-state index in [-0.39, 0.29) is 6.04 Å². The Balaban J connectivity index is 1.45. The van der Waals surface area contributed by atoms with Crippen molar-refractivity contribution in [3.8, 4) is 16.8 Å². The zero-order chi connectivity index (χ0) is 27.8. The number of para-hydroxylation sites is 2. The smallest absolute Gasteiger partial charge is 0.0771 e. The molecule has 0 spiro atoms. The Hall–Kier alpha value is -5.28. The van der Waals surface area contributed by atoms with Gasteiger partial charge in [0, 0.05) is 50.3 Å². The number of hydrogen-bond donors (Lipinski definition) is 1. The van der Waals surface area contributed by atoms with Crippen molar-refractivity contribution in [2.75, 3.05) is 5.32 Å². The first kappa shape index (κ1) is 24.7. The van der Waals surface area contributed by atoms with Gasteiger partial charge < -0.3 is 14.5 Å². The fourth-order valence-corrected chi connectivity index (χ4v) is 6.08. The van der Waals surface area contributed by atoms with Gasteiger partial charge in [-0.05, 0) is 54.4 Å². The van der Waals surface area contributed by atoms with E-state index in [9.17, 15) is 0 Å². The zero-order valence-corrected chi connectivity index (χ0v) is 22.9. The van der Waals surface area contributed by atoms with E-state index in [2.05, 4.69) is 155 Å². The molecule has 5 aromatic carbocycles. The van der Waals surface area contributed by atoms with Crippen LogP contribution in [-0.2, 0) is 0 Å². The Morgan fingerprint density at radius 1 is 0.707 bits per heavy atom. The Bertz CT molecular complexity index is 2030.